The molecule has 0 spiro atoms. The van der Waals surface area contributed by atoms with Crippen LogP contribution in [0.4, 0.5) is 0 Å². The third-order valence-corrected chi connectivity index (χ3v) is 1.99. The van der Waals surface area contributed by atoms with Gasteiger partial charge in [0.2, 0.25) is 5.91 Å². The van der Waals surface area contributed by atoms with Crippen molar-refractivity contribution in [2.24, 2.45) is 0 Å². The van der Waals surface area contributed by atoms with E-state index in [0.29, 0.717) is 6.42 Å². The first kappa shape index (κ1) is 14.9. The van der Waals surface area contributed by atoms with E-state index in [-0.39, 0.29) is 18.0 Å². The molecular formula is C11H22N2O3. The Balaban J connectivity index is 4.05. The van der Waals surface area contributed by atoms with E-state index in [1.54, 1.807) is 0 Å². The van der Waals surface area contributed by atoms with Crippen molar-refractivity contribution in [1.29, 1.82) is 0 Å². The van der Waals surface area contributed by atoms with Gasteiger partial charge >= 0.3 is 5.97 Å². The Morgan fingerprint density at radius 1 is 1.31 bits per heavy atom. The molecule has 0 heterocycles. The first-order valence-corrected chi connectivity index (χ1v) is 5.53. The lowest BCUT2D eigenvalue weighted by molar-refractivity contribution is -0.141. The zero-order chi connectivity index (χ0) is 12.8. The monoisotopic (exact) mass is 230 g/mol. The molecule has 3 N–H and O–H groups in total. The minimum Gasteiger partial charge on any atom is -0.480 e. The van der Waals surface area contributed by atoms with Crippen molar-refractivity contribution in [3.05, 3.63) is 0 Å². The molecule has 0 aliphatic rings. The normalized spacial score (nSPS) is 13.2. The van der Waals surface area contributed by atoms with Crippen LogP contribution >= 0.6 is 0 Å². The topological polar surface area (TPSA) is 78.4 Å². The average Bonchev–Trinajstić information content (AvgIpc) is 2.13. The zero-order valence-electron chi connectivity index (χ0n) is 10.5. The number of hydrogen-bond donors (Lipinski definition) is 3. The summed E-state index contributed by atoms with van der Waals surface area (Å²) in [5.74, 6) is -1.26. The molecule has 0 unspecified atom stereocenters. The average molecular weight is 230 g/mol. The van der Waals surface area contributed by atoms with E-state index in [1.165, 1.54) is 0 Å². The molecule has 5 nitrogen and oxygen atoms in total. The van der Waals surface area contributed by atoms with Gasteiger partial charge < -0.3 is 15.7 Å². The Labute approximate surface area is 96.6 Å². The summed E-state index contributed by atoms with van der Waals surface area (Å²) in [5, 5.41) is 14.3. The summed E-state index contributed by atoms with van der Waals surface area (Å²) in [6.45, 7) is 7.86. The largest absolute Gasteiger partial charge is 0.480 e. The third kappa shape index (κ3) is 7.23. The lowest BCUT2D eigenvalue weighted by Crippen LogP contribution is -2.48. The lowest BCUT2D eigenvalue weighted by atomic mass is 10.1. The zero-order valence-corrected chi connectivity index (χ0v) is 10.5. The maximum absolute atomic E-state index is 11.4. The molecule has 0 saturated carbocycles. The fourth-order valence-corrected chi connectivity index (χ4v) is 1.14. The summed E-state index contributed by atoms with van der Waals surface area (Å²) in [7, 11) is 0. The molecular weight excluding hydrogens is 208 g/mol. The second-order valence-electron chi connectivity index (χ2n) is 4.85. The lowest BCUT2D eigenvalue weighted by Gasteiger charge is -2.21. The minimum atomic E-state index is -0.981. The summed E-state index contributed by atoms with van der Waals surface area (Å²) in [5.41, 5.74) is -0.152. The summed E-state index contributed by atoms with van der Waals surface area (Å²) in [6.07, 6.45) is 1.18. The van der Waals surface area contributed by atoms with Crippen LogP contribution in [0.1, 0.15) is 40.5 Å². The Bertz CT molecular complexity index is 246. The van der Waals surface area contributed by atoms with Gasteiger partial charge in [0.25, 0.3) is 0 Å². The van der Waals surface area contributed by atoms with Crippen molar-refractivity contribution in [3.63, 3.8) is 0 Å². The molecule has 0 aliphatic carbocycles. The van der Waals surface area contributed by atoms with Crippen LogP contribution in [0, 0.1) is 0 Å². The molecule has 0 radical (unpaired) electrons. The highest BCUT2D eigenvalue weighted by molar-refractivity contribution is 5.84. The van der Waals surface area contributed by atoms with Crippen LogP contribution in [0.5, 0.6) is 0 Å². The molecule has 0 aliphatic heterocycles. The molecule has 1 amide bonds. The minimum absolute atomic E-state index is 0.136. The maximum atomic E-state index is 11.4. The first-order valence-electron chi connectivity index (χ1n) is 5.53. The smallest absolute Gasteiger partial charge is 0.326 e. The van der Waals surface area contributed by atoms with Crippen LogP contribution in [0.15, 0.2) is 0 Å². The molecule has 94 valence electrons. The number of carbonyl (C=O) groups is 2. The van der Waals surface area contributed by atoms with E-state index in [2.05, 4.69) is 10.6 Å². The second kappa shape index (κ2) is 6.48. The van der Waals surface area contributed by atoms with E-state index in [4.69, 9.17) is 5.11 Å². The van der Waals surface area contributed by atoms with Crippen molar-refractivity contribution < 1.29 is 14.7 Å². The van der Waals surface area contributed by atoms with Gasteiger partial charge in [0, 0.05) is 5.54 Å². The number of carboxylic acid groups (broad SMARTS) is 1. The number of carbonyl (C=O) groups excluding carboxylic acids is 1. The van der Waals surface area contributed by atoms with Gasteiger partial charge in [-0.3, -0.25) is 4.79 Å². The Hall–Kier alpha value is -1.10. The SMILES string of the molecule is CCC[C@H](NC(=O)CNC(C)(C)C)C(=O)O. The maximum Gasteiger partial charge on any atom is 0.326 e. The molecule has 0 rings (SSSR count). The molecule has 16 heavy (non-hydrogen) atoms. The second-order valence-corrected chi connectivity index (χ2v) is 4.85. The predicted octanol–water partition coefficient (Wildman–Crippen LogP) is 0.744. The van der Waals surface area contributed by atoms with Gasteiger partial charge in [-0.25, -0.2) is 4.79 Å². The van der Waals surface area contributed by atoms with Gasteiger partial charge in [-0.1, -0.05) is 13.3 Å². The van der Waals surface area contributed by atoms with Crippen molar-refractivity contribution in [2.45, 2.75) is 52.1 Å². The summed E-state index contributed by atoms with van der Waals surface area (Å²) < 4.78 is 0. The number of hydrogen-bond acceptors (Lipinski definition) is 3. The van der Waals surface area contributed by atoms with Crippen molar-refractivity contribution in [3.8, 4) is 0 Å². The number of nitrogens with one attached hydrogen (secondary N) is 2. The van der Waals surface area contributed by atoms with Gasteiger partial charge in [-0.05, 0) is 27.2 Å². The number of rotatable bonds is 6. The molecule has 0 aromatic carbocycles. The van der Waals surface area contributed by atoms with Gasteiger partial charge in [0.15, 0.2) is 0 Å². The highest BCUT2D eigenvalue weighted by Crippen LogP contribution is 1.98. The fourth-order valence-electron chi connectivity index (χ4n) is 1.14. The number of aliphatic carboxylic acids is 1. The van der Waals surface area contributed by atoms with Crippen molar-refractivity contribution in [1.82, 2.24) is 10.6 Å². The van der Waals surface area contributed by atoms with Crippen LogP contribution in [0.25, 0.3) is 0 Å². The fraction of sp³-hybridized carbons (Fsp3) is 0.818. The molecule has 0 aromatic rings. The molecule has 5 heteroatoms. The molecule has 0 saturated heterocycles. The molecule has 0 fully saturated rings. The first-order chi connectivity index (χ1) is 7.26. The summed E-state index contributed by atoms with van der Waals surface area (Å²) in [6, 6.07) is -0.778. The van der Waals surface area contributed by atoms with Crippen LogP contribution in [0.3, 0.4) is 0 Å². The summed E-state index contributed by atoms with van der Waals surface area (Å²) >= 11 is 0. The Morgan fingerprint density at radius 2 is 1.88 bits per heavy atom. The van der Waals surface area contributed by atoms with Gasteiger partial charge in [0.1, 0.15) is 6.04 Å². The van der Waals surface area contributed by atoms with E-state index in [1.807, 2.05) is 27.7 Å². The van der Waals surface area contributed by atoms with E-state index in [9.17, 15) is 9.59 Å². The third-order valence-electron chi connectivity index (χ3n) is 1.99. The molecule has 0 bridgehead atoms. The van der Waals surface area contributed by atoms with Gasteiger partial charge in [0.05, 0.1) is 6.54 Å². The van der Waals surface area contributed by atoms with Crippen LogP contribution in [0.2, 0.25) is 0 Å². The number of amides is 1. The van der Waals surface area contributed by atoms with Crippen LogP contribution in [-0.4, -0.2) is 35.1 Å². The van der Waals surface area contributed by atoms with Gasteiger partial charge in [-0.2, -0.15) is 0 Å². The van der Waals surface area contributed by atoms with E-state index >= 15 is 0 Å². The van der Waals surface area contributed by atoms with Crippen LogP contribution < -0.4 is 10.6 Å². The van der Waals surface area contributed by atoms with E-state index < -0.39 is 12.0 Å². The highest BCUT2D eigenvalue weighted by atomic mass is 16.4. The molecule has 0 aromatic heterocycles. The predicted molar refractivity (Wildman–Crippen MR) is 62.2 cm³/mol. The van der Waals surface area contributed by atoms with Crippen molar-refractivity contribution >= 4 is 11.9 Å². The summed E-state index contributed by atoms with van der Waals surface area (Å²) in [4.78, 5) is 22.2. The Kier molecular flexibility index (Phi) is 6.03. The van der Waals surface area contributed by atoms with E-state index in [0.717, 1.165) is 6.42 Å². The quantitative estimate of drug-likeness (QED) is 0.629. The van der Waals surface area contributed by atoms with Gasteiger partial charge in [-0.15, -0.1) is 0 Å². The molecule has 1 atom stereocenters. The Morgan fingerprint density at radius 3 is 2.25 bits per heavy atom. The number of carboxylic acids is 1. The van der Waals surface area contributed by atoms with Crippen molar-refractivity contribution in [2.75, 3.05) is 6.54 Å². The standard InChI is InChI=1S/C11H22N2O3/c1-5-6-8(10(15)16)13-9(14)7-12-11(2,3)4/h8,12H,5-7H2,1-4H3,(H,13,14)(H,15,16)/t8-/m0/s1. The highest BCUT2D eigenvalue weighted by Gasteiger charge is 2.19. The van der Waals surface area contributed by atoms with Crippen LogP contribution in [-0.2, 0) is 9.59 Å².